The van der Waals surface area contributed by atoms with Crippen molar-refractivity contribution in [2.75, 3.05) is 39.6 Å². The summed E-state index contributed by atoms with van der Waals surface area (Å²) < 4.78 is 61.5. The molecule has 0 aromatic heterocycles. The molecule has 18 heteroatoms. The first-order valence-corrected chi connectivity index (χ1v) is 49.8. The van der Waals surface area contributed by atoms with Crippen molar-refractivity contribution in [1.29, 1.82) is 0 Å². The summed E-state index contributed by atoms with van der Waals surface area (Å²) in [5.41, 5.74) is 0. The number of aliphatic hydroxyl groups is 2. The number of aliphatic hydroxyl groups excluding tert-OH is 2. The van der Waals surface area contributed by atoms with Crippen LogP contribution in [0.2, 0.25) is 0 Å². The second-order valence-electron chi connectivity index (χ2n) is 31.1. The maximum Gasteiger partial charge on any atom is 0.472 e. The minimum atomic E-state index is -4.95. The van der Waals surface area contributed by atoms with Crippen molar-refractivity contribution in [2.24, 2.45) is 0 Å². The van der Waals surface area contributed by atoms with Crippen molar-refractivity contribution in [2.45, 2.75) is 411 Å². The third-order valence-corrected chi connectivity index (χ3v) is 21.6. The quantitative estimate of drug-likeness (QED) is 0.0146. The van der Waals surface area contributed by atoms with Crippen molar-refractivity contribution < 1.29 is 75.8 Å². The summed E-state index contributed by atoms with van der Waals surface area (Å²) in [5, 5.41) is 20.7. The molecule has 0 bridgehead atoms. The highest BCUT2D eigenvalue weighted by atomic mass is 31.2. The second kappa shape index (κ2) is 90.4. The van der Waals surface area contributed by atoms with Crippen LogP contribution in [-0.2, 0) is 55.8 Å². The number of esters is 3. The molecule has 0 amide bonds. The van der Waals surface area contributed by atoms with Gasteiger partial charge >= 0.3 is 33.6 Å². The summed E-state index contributed by atoms with van der Waals surface area (Å²) in [6, 6.07) is 0. The average molecular weight is 1680 g/mol. The lowest BCUT2D eigenvalue weighted by Crippen LogP contribution is -2.30. The summed E-state index contributed by atoms with van der Waals surface area (Å²) in [5.74, 6) is -1.58. The highest BCUT2D eigenvalue weighted by molar-refractivity contribution is 7.47. The topological polar surface area (TPSA) is 231 Å². The Bertz CT molecular complexity index is 2760. The molecule has 0 aliphatic heterocycles. The molecule has 5 unspecified atom stereocenters. The Balaban J connectivity index is 4.58. The zero-order valence-corrected chi connectivity index (χ0v) is 75.9. The molecule has 117 heavy (non-hydrogen) atoms. The molecule has 0 heterocycles. The third-order valence-electron chi connectivity index (χ3n) is 19.7. The van der Waals surface area contributed by atoms with Crippen LogP contribution in [0.15, 0.2) is 158 Å². The van der Waals surface area contributed by atoms with Crippen LogP contribution in [0.1, 0.15) is 393 Å². The molecule has 0 rings (SSSR count). The fourth-order valence-electron chi connectivity index (χ4n) is 12.6. The maximum atomic E-state index is 13.1. The molecule has 0 aliphatic rings. The summed E-state index contributed by atoms with van der Waals surface area (Å²) in [6.45, 7) is 2.54. The van der Waals surface area contributed by atoms with Gasteiger partial charge in [-0.25, -0.2) is 9.13 Å². The van der Waals surface area contributed by atoms with Gasteiger partial charge in [0.05, 0.1) is 26.4 Å². The summed E-state index contributed by atoms with van der Waals surface area (Å²) >= 11 is 0. The van der Waals surface area contributed by atoms with Crippen molar-refractivity contribution in [3.8, 4) is 0 Å². The molecule has 0 saturated heterocycles. The van der Waals surface area contributed by atoms with Crippen LogP contribution < -0.4 is 0 Å². The van der Waals surface area contributed by atoms with Gasteiger partial charge in [0, 0.05) is 19.3 Å². The largest absolute Gasteiger partial charge is 0.472 e. The van der Waals surface area contributed by atoms with Gasteiger partial charge in [0.15, 0.2) is 6.10 Å². The molecule has 0 spiro atoms. The van der Waals surface area contributed by atoms with E-state index < -0.39 is 91.5 Å². The Morgan fingerprint density at radius 1 is 0.248 bits per heavy atom. The van der Waals surface area contributed by atoms with E-state index >= 15 is 0 Å². The zero-order chi connectivity index (χ0) is 85.1. The monoisotopic (exact) mass is 1680 g/mol. The molecular formula is C99H170O16P2. The lowest BCUT2D eigenvalue weighted by molar-refractivity contribution is -0.161. The molecule has 0 saturated carbocycles. The smallest absolute Gasteiger partial charge is 0.463 e. The van der Waals surface area contributed by atoms with Gasteiger partial charge in [-0.2, -0.15) is 0 Å². The van der Waals surface area contributed by atoms with Gasteiger partial charge in [0.1, 0.15) is 25.4 Å². The summed E-state index contributed by atoms with van der Waals surface area (Å²) in [6.07, 6.45) is 116. The van der Waals surface area contributed by atoms with Crippen molar-refractivity contribution >= 4 is 33.6 Å². The second-order valence-corrected chi connectivity index (χ2v) is 34.0. The molecule has 0 fully saturated rings. The van der Waals surface area contributed by atoms with Crippen LogP contribution in [0, 0.1) is 0 Å². The Kier molecular flexibility index (Phi) is 86.7. The van der Waals surface area contributed by atoms with Crippen LogP contribution >= 0.6 is 15.6 Å². The van der Waals surface area contributed by atoms with Gasteiger partial charge in [-0.15, -0.1) is 0 Å². The predicted molar refractivity (Wildman–Crippen MR) is 491 cm³/mol. The van der Waals surface area contributed by atoms with Crippen LogP contribution in [0.4, 0.5) is 0 Å². The number of carbonyl (C=O) groups excluding carboxylic acids is 3. The summed E-state index contributed by atoms with van der Waals surface area (Å²) in [4.78, 5) is 59.0. The van der Waals surface area contributed by atoms with Crippen molar-refractivity contribution in [1.82, 2.24) is 0 Å². The molecule has 672 valence electrons. The lowest BCUT2D eigenvalue weighted by Gasteiger charge is -2.21. The first-order chi connectivity index (χ1) is 57.2. The van der Waals surface area contributed by atoms with E-state index in [-0.39, 0.29) is 19.3 Å². The van der Waals surface area contributed by atoms with E-state index in [1.807, 2.05) is 0 Å². The molecule has 0 aromatic carbocycles. The minimum absolute atomic E-state index is 0.0876. The maximum absolute atomic E-state index is 13.1. The first kappa shape index (κ1) is 112. The zero-order valence-electron chi connectivity index (χ0n) is 74.1. The molecule has 16 nitrogen and oxygen atoms in total. The van der Waals surface area contributed by atoms with Gasteiger partial charge in [-0.3, -0.25) is 32.5 Å². The van der Waals surface area contributed by atoms with Crippen LogP contribution in [0.5, 0.6) is 0 Å². The normalized spacial score (nSPS) is 14.5. The van der Waals surface area contributed by atoms with E-state index in [2.05, 4.69) is 179 Å². The van der Waals surface area contributed by atoms with Gasteiger partial charge in [-0.1, -0.05) is 378 Å². The molecule has 0 aliphatic carbocycles. The fraction of sp³-hybridized carbons (Fsp3) is 0.707. The number of carbonyl (C=O) groups is 3. The van der Waals surface area contributed by atoms with Gasteiger partial charge in [-0.05, 0) is 154 Å². The predicted octanol–water partition coefficient (Wildman–Crippen LogP) is 28.9. The number of hydrogen-bond donors (Lipinski definition) is 4. The van der Waals surface area contributed by atoms with E-state index in [1.165, 1.54) is 167 Å². The highest BCUT2D eigenvalue weighted by Gasteiger charge is 2.29. The van der Waals surface area contributed by atoms with E-state index in [0.29, 0.717) is 19.3 Å². The highest BCUT2D eigenvalue weighted by Crippen LogP contribution is 2.45. The molecule has 0 aromatic rings. The lowest BCUT2D eigenvalue weighted by atomic mass is 10.0. The van der Waals surface area contributed by atoms with Gasteiger partial charge in [0.25, 0.3) is 0 Å². The first-order valence-electron chi connectivity index (χ1n) is 46.8. The van der Waals surface area contributed by atoms with Crippen LogP contribution in [0.25, 0.3) is 0 Å². The molecular weight excluding hydrogens is 1510 g/mol. The van der Waals surface area contributed by atoms with Crippen molar-refractivity contribution in [3.63, 3.8) is 0 Å². The SMILES string of the molecule is CC/C=C\C/C=C\C/C=C\C/C=C\C/C=C\CCCCCCCCCCCCCCCCCCCC(=O)OCC(O)COP(=O)(O)OCC(O)COP(=O)(O)OCC(COC(=O)CCCCCCCCCCC/C=C\C/C=C\C/C=C\C/C=C\CCCCC)OC(=O)CCCCCCCCC/C=C\C/C=C\C/C=C\C/C=C\CCCCC. The average Bonchev–Trinajstić information content (AvgIpc) is 0.896. The standard InChI is InChI=1S/C99H170O16P2/c1-4-7-10-13-16-19-22-25-28-31-34-37-40-42-43-44-45-46-47-48-49-51-54-55-58-61-64-67-70-73-76-79-82-85-97(102)109-88-94(100)89-111-116(105,106)112-90-95(101)91-113-117(107,108)114-93-96(115-99(104)87-84-81-78-75-72-69-66-63-60-57-52-39-36-33-30-27-24-21-18-15-12-9-6-3)92-110-98(103)86-83-80-77-74-71-68-65-62-59-56-53-50-41-38-35-32-29-26-23-20-17-14-11-8-5-2/h7,10,16-21,25-30,34-39,42-43,50,53,57,60,94-96,100-101H,4-6,8-9,11-15,22-24,31-33,40-41,44-49,51-52,54-56,58-59,61-93H2,1-3H3,(H,105,106)(H,107,108)/b10-7-,19-16-,20-17-,21-18-,28-25-,29-26-,30-27-,37-34-,38-35-,39-36-,43-42-,53-50-,60-57-. The number of rotatable bonds is 88. The third kappa shape index (κ3) is 91.7. The Labute approximate surface area is 714 Å². The van der Waals surface area contributed by atoms with Crippen LogP contribution in [0.3, 0.4) is 0 Å². The number of phosphoric ester groups is 2. The van der Waals surface area contributed by atoms with Crippen molar-refractivity contribution in [3.05, 3.63) is 158 Å². The Hall–Kier alpha value is -4.83. The number of hydrogen-bond acceptors (Lipinski definition) is 14. The van der Waals surface area contributed by atoms with Gasteiger partial charge in [0.2, 0.25) is 0 Å². The molecule has 5 atom stereocenters. The number of ether oxygens (including phenoxy) is 3. The molecule has 0 radical (unpaired) electrons. The van der Waals surface area contributed by atoms with E-state index in [1.54, 1.807) is 0 Å². The Morgan fingerprint density at radius 3 is 0.718 bits per heavy atom. The Morgan fingerprint density at radius 2 is 0.453 bits per heavy atom. The van der Waals surface area contributed by atoms with E-state index in [9.17, 15) is 43.5 Å². The number of unbranched alkanes of at least 4 members (excludes halogenated alkanes) is 39. The minimum Gasteiger partial charge on any atom is -0.463 e. The number of phosphoric acid groups is 2. The summed E-state index contributed by atoms with van der Waals surface area (Å²) in [7, 11) is -9.82. The van der Waals surface area contributed by atoms with E-state index in [0.717, 1.165) is 167 Å². The number of allylic oxidation sites excluding steroid dienone is 26. The fourth-order valence-corrected chi connectivity index (χ4v) is 14.2. The van der Waals surface area contributed by atoms with Crippen LogP contribution in [-0.4, -0.2) is 95.9 Å². The molecule has 4 N–H and O–H groups in total. The van der Waals surface area contributed by atoms with Gasteiger partial charge < -0.3 is 34.2 Å². The van der Waals surface area contributed by atoms with E-state index in [4.69, 9.17) is 32.3 Å².